The summed E-state index contributed by atoms with van der Waals surface area (Å²) < 4.78 is 2.92. The van der Waals surface area contributed by atoms with Gasteiger partial charge in [-0.25, -0.2) is 4.72 Å². The zero-order valence-corrected chi connectivity index (χ0v) is 16.7. The molecule has 0 fully saturated rings. The van der Waals surface area contributed by atoms with E-state index in [1.807, 2.05) is 30.3 Å². The van der Waals surface area contributed by atoms with E-state index in [1.54, 1.807) is 36.4 Å². The molecule has 28 heavy (non-hydrogen) atoms. The molecule has 0 saturated heterocycles. The first-order valence-electron chi connectivity index (χ1n) is 8.45. The number of carbonyl (C=O) groups excluding carboxylic acids is 2. The number of benzene rings is 3. The van der Waals surface area contributed by atoms with Gasteiger partial charge in [-0.3, -0.25) is 9.59 Å². The van der Waals surface area contributed by atoms with Crippen molar-refractivity contribution in [3.63, 3.8) is 0 Å². The minimum atomic E-state index is -0.936. The van der Waals surface area contributed by atoms with Gasteiger partial charge in [0.2, 0.25) is 5.91 Å². The molecule has 0 bridgehead atoms. The third-order valence-corrected chi connectivity index (χ3v) is 6.04. The van der Waals surface area contributed by atoms with Crippen LogP contribution in [0.5, 0.6) is 0 Å². The zero-order chi connectivity index (χ0) is 19.7. The molecule has 1 unspecified atom stereocenters. The molecule has 2 N–H and O–H groups in total. The number of ketones is 1. The first kappa shape index (κ1) is 19.0. The Morgan fingerprint density at radius 1 is 0.929 bits per heavy atom. The van der Waals surface area contributed by atoms with Crippen LogP contribution in [-0.4, -0.2) is 17.7 Å². The summed E-state index contributed by atoms with van der Waals surface area (Å²) in [7, 11) is 0. The summed E-state index contributed by atoms with van der Waals surface area (Å²) in [6, 6.07) is 19.0. The zero-order valence-electron chi connectivity index (χ0n) is 14.4. The normalized spacial score (nSPS) is 15.8. The van der Waals surface area contributed by atoms with Gasteiger partial charge >= 0.3 is 0 Å². The fourth-order valence-electron chi connectivity index (χ4n) is 2.90. The average Bonchev–Trinajstić information content (AvgIpc) is 2.71. The summed E-state index contributed by atoms with van der Waals surface area (Å²) >= 11 is 13.3. The topological polar surface area (TPSA) is 58.2 Å². The van der Waals surface area contributed by atoms with E-state index in [1.165, 1.54) is 11.9 Å². The second-order valence-electron chi connectivity index (χ2n) is 6.21. The van der Waals surface area contributed by atoms with Gasteiger partial charge in [0.1, 0.15) is 0 Å². The minimum absolute atomic E-state index is 0.237. The second kappa shape index (κ2) is 7.97. The Bertz CT molecular complexity index is 1070. The third kappa shape index (κ3) is 3.80. The second-order valence-corrected chi connectivity index (χ2v) is 7.90. The molecular formula is C21H14Cl2N2O2S. The molecular weight excluding hydrogens is 415 g/mol. The summed E-state index contributed by atoms with van der Waals surface area (Å²) in [4.78, 5) is 26.0. The van der Waals surface area contributed by atoms with Crippen molar-refractivity contribution in [2.75, 3.05) is 5.32 Å². The Balaban J connectivity index is 1.48. The third-order valence-electron chi connectivity index (χ3n) is 4.37. The van der Waals surface area contributed by atoms with Crippen molar-refractivity contribution >= 4 is 52.5 Å². The van der Waals surface area contributed by atoms with E-state index in [9.17, 15) is 9.59 Å². The summed E-state index contributed by atoms with van der Waals surface area (Å²) in [5.74, 6) is -0.631. The van der Waals surface area contributed by atoms with E-state index in [0.717, 1.165) is 16.0 Å². The molecule has 0 spiro atoms. The molecule has 4 nitrogen and oxygen atoms in total. The predicted octanol–water partition coefficient (Wildman–Crippen LogP) is 5.46. The van der Waals surface area contributed by atoms with Gasteiger partial charge < -0.3 is 5.32 Å². The van der Waals surface area contributed by atoms with Gasteiger partial charge in [-0.05, 0) is 53.4 Å². The maximum Gasteiger partial charge on any atom is 0.250 e. The first-order valence-corrected chi connectivity index (χ1v) is 10.0. The minimum Gasteiger partial charge on any atom is -0.324 e. The Labute approximate surface area is 176 Å². The van der Waals surface area contributed by atoms with Crippen molar-refractivity contribution in [2.45, 2.75) is 10.9 Å². The number of amides is 1. The first-order chi connectivity index (χ1) is 13.5. The number of carbonyl (C=O) groups is 2. The molecule has 0 saturated carbocycles. The summed E-state index contributed by atoms with van der Waals surface area (Å²) in [6.07, 6.45) is 0. The van der Waals surface area contributed by atoms with E-state index in [0.29, 0.717) is 21.3 Å². The van der Waals surface area contributed by atoms with E-state index >= 15 is 0 Å². The van der Waals surface area contributed by atoms with E-state index in [4.69, 9.17) is 23.2 Å². The van der Waals surface area contributed by atoms with Gasteiger partial charge in [0.25, 0.3) is 0 Å². The van der Waals surface area contributed by atoms with Crippen LogP contribution in [-0.2, 0) is 4.79 Å². The van der Waals surface area contributed by atoms with Crippen molar-refractivity contribution in [1.29, 1.82) is 0 Å². The van der Waals surface area contributed by atoms with Crippen molar-refractivity contribution in [1.82, 2.24) is 4.72 Å². The van der Waals surface area contributed by atoms with Crippen molar-refractivity contribution < 1.29 is 9.59 Å². The molecule has 0 radical (unpaired) electrons. The van der Waals surface area contributed by atoms with Crippen LogP contribution in [0.25, 0.3) is 11.1 Å². The van der Waals surface area contributed by atoms with Crippen LogP contribution in [0.1, 0.15) is 10.4 Å². The van der Waals surface area contributed by atoms with Crippen molar-refractivity contribution in [3.8, 4) is 11.1 Å². The van der Waals surface area contributed by atoms with Crippen LogP contribution >= 0.6 is 35.1 Å². The number of anilines is 1. The highest BCUT2D eigenvalue weighted by Crippen LogP contribution is 2.30. The van der Waals surface area contributed by atoms with Gasteiger partial charge in [0, 0.05) is 16.1 Å². The van der Waals surface area contributed by atoms with E-state index in [2.05, 4.69) is 10.0 Å². The number of hydrogen-bond donors (Lipinski definition) is 2. The predicted molar refractivity (Wildman–Crippen MR) is 114 cm³/mol. The lowest BCUT2D eigenvalue weighted by Gasteiger charge is -2.23. The average molecular weight is 429 g/mol. The number of Topliss-reactive ketones (excluding diaryl/α,β-unsaturated/α-hetero) is 1. The highest BCUT2D eigenvalue weighted by molar-refractivity contribution is 7.97. The largest absolute Gasteiger partial charge is 0.324 e. The molecule has 4 rings (SSSR count). The maximum atomic E-state index is 12.6. The van der Waals surface area contributed by atoms with Gasteiger partial charge in [-0.15, -0.1) is 0 Å². The van der Waals surface area contributed by atoms with Crippen LogP contribution in [0.3, 0.4) is 0 Å². The Morgan fingerprint density at radius 3 is 2.39 bits per heavy atom. The lowest BCUT2D eigenvalue weighted by Crippen LogP contribution is -2.45. The van der Waals surface area contributed by atoms with Crippen LogP contribution in [0.15, 0.2) is 71.6 Å². The molecule has 0 aromatic heterocycles. The van der Waals surface area contributed by atoms with Gasteiger partial charge in [0.15, 0.2) is 11.8 Å². The van der Waals surface area contributed by atoms with Crippen molar-refractivity contribution in [3.05, 3.63) is 82.3 Å². The fraction of sp³-hybridized carbons (Fsp3) is 0.0476. The van der Waals surface area contributed by atoms with Crippen LogP contribution in [0.2, 0.25) is 10.0 Å². The van der Waals surface area contributed by atoms with E-state index < -0.39 is 11.9 Å². The summed E-state index contributed by atoms with van der Waals surface area (Å²) in [5, 5.41) is 3.77. The van der Waals surface area contributed by atoms with Crippen LogP contribution in [0.4, 0.5) is 5.69 Å². The Kier molecular flexibility index (Phi) is 5.42. The maximum absolute atomic E-state index is 12.6. The molecule has 1 atom stereocenters. The molecule has 1 aliphatic rings. The smallest absolute Gasteiger partial charge is 0.250 e. The Hall–Kier alpha value is -2.31. The molecule has 140 valence electrons. The fourth-order valence-corrected chi connectivity index (χ4v) is 4.08. The number of halogens is 2. The van der Waals surface area contributed by atoms with Gasteiger partial charge in [-0.1, -0.05) is 59.6 Å². The Morgan fingerprint density at radius 2 is 1.64 bits per heavy atom. The summed E-state index contributed by atoms with van der Waals surface area (Å²) in [6.45, 7) is 0. The molecule has 1 aliphatic heterocycles. The molecule has 3 aromatic rings. The van der Waals surface area contributed by atoms with Gasteiger partial charge in [0.05, 0.1) is 10.0 Å². The quantitative estimate of drug-likeness (QED) is 0.429. The molecule has 1 heterocycles. The summed E-state index contributed by atoms with van der Waals surface area (Å²) in [5.41, 5.74) is 3.02. The van der Waals surface area contributed by atoms with Crippen molar-refractivity contribution in [2.24, 2.45) is 0 Å². The highest BCUT2D eigenvalue weighted by Gasteiger charge is 2.33. The monoisotopic (exact) mass is 428 g/mol. The number of hydrogen-bond acceptors (Lipinski definition) is 4. The van der Waals surface area contributed by atoms with Crippen LogP contribution < -0.4 is 10.0 Å². The number of fused-ring (bicyclic) bond motifs is 1. The van der Waals surface area contributed by atoms with E-state index in [-0.39, 0.29) is 5.78 Å². The standard InChI is InChI=1S/C21H14Cl2N2O2S/c22-16-10-7-13(11-17(16)23)12-5-8-14(9-6-12)24-21(27)19-20(26)15-3-1-2-4-18(15)28-25-19/h1-11,19,25H,(H,24,27). The highest BCUT2D eigenvalue weighted by atomic mass is 35.5. The molecule has 1 amide bonds. The SMILES string of the molecule is O=C(Nc1ccc(-c2ccc(Cl)c(Cl)c2)cc1)C1NSc2ccccc2C1=O. The lowest BCUT2D eigenvalue weighted by molar-refractivity contribution is -0.116. The molecule has 7 heteroatoms. The number of rotatable bonds is 3. The van der Waals surface area contributed by atoms with Gasteiger partial charge in [-0.2, -0.15) is 0 Å². The lowest BCUT2D eigenvalue weighted by atomic mass is 10.0. The van der Waals surface area contributed by atoms with Crippen LogP contribution in [0, 0.1) is 0 Å². The molecule has 3 aromatic carbocycles. The number of nitrogens with one attached hydrogen (secondary N) is 2. The molecule has 0 aliphatic carbocycles.